The maximum atomic E-state index is 11.7. The molecule has 98 valence electrons. The van der Waals surface area contributed by atoms with Gasteiger partial charge in [0.1, 0.15) is 0 Å². The van der Waals surface area contributed by atoms with Gasteiger partial charge in [-0.1, -0.05) is 18.9 Å². The molecule has 1 aliphatic carbocycles. The number of carbonyl (C=O) groups excluding carboxylic acids is 1. The first kappa shape index (κ1) is 12.7. The average molecular weight is 248 g/mol. The third kappa shape index (κ3) is 3.15. The lowest BCUT2D eigenvalue weighted by Crippen LogP contribution is -2.11. The van der Waals surface area contributed by atoms with Crippen LogP contribution in [0, 0.1) is 5.92 Å². The number of nitrogens with one attached hydrogen (secondary N) is 1. The Morgan fingerprint density at radius 3 is 2.94 bits per heavy atom. The van der Waals surface area contributed by atoms with Crippen LogP contribution in [0.15, 0.2) is 18.2 Å². The molecule has 0 aromatic heterocycles. The van der Waals surface area contributed by atoms with Crippen LogP contribution in [-0.2, 0) is 4.74 Å². The molecule has 1 saturated carbocycles. The minimum Gasteiger partial charge on any atom is -0.462 e. The lowest BCUT2D eigenvalue weighted by atomic mass is 10.1. The van der Waals surface area contributed by atoms with E-state index in [2.05, 4.69) is 5.32 Å². The molecular formula is C14H20N2O2. The van der Waals surface area contributed by atoms with Gasteiger partial charge < -0.3 is 15.8 Å². The van der Waals surface area contributed by atoms with Gasteiger partial charge in [0, 0.05) is 6.54 Å². The van der Waals surface area contributed by atoms with Crippen molar-refractivity contribution >= 4 is 17.3 Å². The van der Waals surface area contributed by atoms with E-state index in [1.54, 1.807) is 13.0 Å². The summed E-state index contributed by atoms with van der Waals surface area (Å²) in [7, 11) is 0. The number of nitrogens with two attached hydrogens (primary N) is 1. The average Bonchev–Trinajstić information content (AvgIpc) is 3.15. The standard InChI is InChI=1S/C14H20N2O2/c1-2-18-14(17)11-4-3-5-12(13(11)15)16-9-8-10-6-7-10/h3-5,10,16H,2,6-9,15H2,1H3. The largest absolute Gasteiger partial charge is 0.462 e. The molecule has 1 aromatic rings. The van der Waals surface area contributed by atoms with Crippen molar-refractivity contribution in [2.75, 3.05) is 24.2 Å². The minimum atomic E-state index is -0.360. The van der Waals surface area contributed by atoms with E-state index in [-0.39, 0.29) is 5.97 Å². The van der Waals surface area contributed by atoms with Gasteiger partial charge in [-0.2, -0.15) is 0 Å². The number of hydrogen-bond donors (Lipinski definition) is 2. The van der Waals surface area contributed by atoms with E-state index in [9.17, 15) is 4.79 Å². The summed E-state index contributed by atoms with van der Waals surface area (Å²) in [4.78, 5) is 11.7. The van der Waals surface area contributed by atoms with Crippen molar-refractivity contribution in [3.05, 3.63) is 23.8 Å². The van der Waals surface area contributed by atoms with Gasteiger partial charge in [-0.05, 0) is 31.4 Å². The van der Waals surface area contributed by atoms with E-state index >= 15 is 0 Å². The summed E-state index contributed by atoms with van der Waals surface area (Å²) in [6.07, 6.45) is 3.86. The van der Waals surface area contributed by atoms with E-state index in [4.69, 9.17) is 10.5 Å². The molecule has 2 rings (SSSR count). The van der Waals surface area contributed by atoms with Crippen LogP contribution < -0.4 is 11.1 Å². The Morgan fingerprint density at radius 2 is 2.28 bits per heavy atom. The van der Waals surface area contributed by atoms with E-state index in [1.807, 2.05) is 12.1 Å². The number of ether oxygens (including phenoxy) is 1. The maximum absolute atomic E-state index is 11.7. The third-order valence-electron chi connectivity index (χ3n) is 3.17. The summed E-state index contributed by atoms with van der Waals surface area (Å²) in [5, 5.41) is 3.29. The number of nitrogen functional groups attached to an aromatic ring is 1. The van der Waals surface area contributed by atoms with Crippen LogP contribution in [0.2, 0.25) is 0 Å². The molecule has 1 aliphatic rings. The third-order valence-corrected chi connectivity index (χ3v) is 3.17. The van der Waals surface area contributed by atoms with Gasteiger partial charge in [0.05, 0.1) is 23.5 Å². The predicted octanol–water partition coefficient (Wildman–Crippen LogP) is 2.66. The van der Waals surface area contributed by atoms with E-state index in [0.29, 0.717) is 17.9 Å². The van der Waals surface area contributed by atoms with Crippen LogP contribution in [0.4, 0.5) is 11.4 Å². The second kappa shape index (κ2) is 5.76. The lowest BCUT2D eigenvalue weighted by molar-refractivity contribution is 0.0527. The molecule has 0 bridgehead atoms. The summed E-state index contributed by atoms with van der Waals surface area (Å²) < 4.78 is 4.97. The zero-order valence-electron chi connectivity index (χ0n) is 10.7. The molecule has 0 heterocycles. The van der Waals surface area contributed by atoms with Crippen molar-refractivity contribution in [2.45, 2.75) is 26.2 Å². The van der Waals surface area contributed by atoms with Crippen molar-refractivity contribution in [2.24, 2.45) is 5.92 Å². The number of hydrogen-bond acceptors (Lipinski definition) is 4. The van der Waals surface area contributed by atoms with Gasteiger partial charge in [-0.25, -0.2) is 4.79 Å². The zero-order chi connectivity index (χ0) is 13.0. The molecule has 0 saturated heterocycles. The molecule has 0 amide bonds. The van der Waals surface area contributed by atoms with Crippen molar-refractivity contribution in [1.29, 1.82) is 0 Å². The van der Waals surface area contributed by atoms with Crippen LogP contribution >= 0.6 is 0 Å². The quantitative estimate of drug-likeness (QED) is 0.600. The van der Waals surface area contributed by atoms with Crippen LogP contribution in [0.25, 0.3) is 0 Å². The first-order valence-electron chi connectivity index (χ1n) is 6.52. The van der Waals surface area contributed by atoms with Crippen molar-refractivity contribution in [3.8, 4) is 0 Å². The molecule has 0 radical (unpaired) electrons. The maximum Gasteiger partial charge on any atom is 0.340 e. The molecule has 4 heteroatoms. The number of esters is 1. The monoisotopic (exact) mass is 248 g/mol. The summed E-state index contributed by atoms with van der Waals surface area (Å²) in [5.74, 6) is 0.521. The molecule has 18 heavy (non-hydrogen) atoms. The van der Waals surface area contributed by atoms with Crippen LogP contribution in [0.3, 0.4) is 0 Å². The molecule has 0 spiro atoms. The smallest absolute Gasteiger partial charge is 0.340 e. The minimum absolute atomic E-state index is 0.359. The van der Waals surface area contributed by atoms with E-state index in [0.717, 1.165) is 18.2 Å². The second-order valence-corrected chi connectivity index (χ2v) is 4.65. The van der Waals surface area contributed by atoms with Crippen LogP contribution in [0.5, 0.6) is 0 Å². The topological polar surface area (TPSA) is 64.3 Å². The molecule has 0 aliphatic heterocycles. The van der Waals surface area contributed by atoms with Crippen molar-refractivity contribution in [3.63, 3.8) is 0 Å². The SMILES string of the molecule is CCOC(=O)c1cccc(NCCC2CC2)c1N. The Hall–Kier alpha value is -1.71. The van der Waals surface area contributed by atoms with Crippen LogP contribution in [0.1, 0.15) is 36.5 Å². The zero-order valence-corrected chi connectivity index (χ0v) is 10.7. The molecular weight excluding hydrogens is 228 g/mol. The van der Waals surface area contributed by atoms with E-state index < -0.39 is 0 Å². The highest BCUT2D eigenvalue weighted by molar-refractivity contribution is 5.98. The fourth-order valence-electron chi connectivity index (χ4n) is 1.92. The first-order chi connectivity index (χ1) is 8.72. The number of para-hydroxylation sites is 1. The summed E-state index contributed by atoms with van der Waals surface area (Å²) in [6, 6.07) is 5.41. The molecule has 4 nitrogen and oxygen atoms in total. The Kier molecular flexibility index (Phi) is 4.07. The molecule has 0 unspecified atom stereocenters. The van der Waals surface area contributed by atoms with Gasteiger partial charge in [0.15, 0.2) is 0 Å². The summed E-state index contributed by atoms with van der Waals surface area (Å²) in [6.45, 7) is 3.05. The number of anilines is 2. The Morgan fingerprint density at radius 1 is 1.50 bits per heavy atom. The molecule has 3 N–H and O–H groups in total. The van der Waals surface area contributed by atoms with Gasteiger partial charge in [0.2, 0.25) is 0 Å². The van der Waals surface area contributed by atoms with Crippen molar-refractivity contribution in [1.82, 2.24) is 0 Å². The highest BCUT2D eigenvalue weighted by Crippen LogP contribution is 2.32. The summed E-state index contributed by atoms with van der Waals surface area (Å²) >= 11 is 0. The van der Waals surface area contributed by atoms with Crippen LogP contribution in [-0.4, -0.2) is 19.1 Å². The van der Waals surface area contributed by atoms with E-state index in [1.165, 1.54) is 19.3 Å². The Labute approximate surface area is 108 Å². The fourth-order valence-corrected chi connectivity index (χ4v) is 1.92. The molecule has 1 fully saturated rings. The number of rotatable bonds is 6. The van der Waals surface area contributed by atoms with Gasteiger partial charge >= 0.3 is 5.97 Å². The first-order valence-corrected chi connectivity index (χ1v) is 6.52. The molecule has 0 atom stereocenters. The lowest BCUT2D eigenvalue weighted by Gasteiger charge is -2.12. The predicted molar refractivity (Wildman–Crippen MR) is 72.6 cm³/mol. The number of carbonyl (C=O) groups is 1. The normalized spacial score (nSPS) is 14.3. The van der Waals surface area contributed by atoms with Gasteiger partial charge in [0.25, 0.3) is 0 Å². The Balaban J connectivity index is 2.00. The highest BCUT2D eigenvalue weighted by atomic mass is 16.5. The van der Waals surface area contributed by atoms with Crippen molar-refractivity contribution < 1.29 is 9.53 Å². The van der Waals surface area contributed by atoms with Gasteiger partial charge in [-0.15, -0.1) is 0 Å². The molecule has 1 aromatic carbocycles. The highest BCUT2D eigenvalue weighted by Gasteiger charge is 2.20. The second-order valence-electron chi connectivity index (χ2n) is 4.65. The van der Waals surface area contributed by atoms with Gasteiger partial charge in [-0.3, -0.25) is 0 Å². The Bertz CT molecular complexity index is 428. The fraction of sp³-hybridized carbons (Fsp3) is 0.500. The number of benzene rings is 1. The summed E-state index contributed by atoms with van der Waals surface area (Å²) in [5.41, 5.74) is 7.72.